The first-order chi connectivity index (χ1) is 10.3. The molecule has 126 valence electrons. The third-order valence-electron chi connectivity index (χ3n) is 4.41. The minimum absolute atomic E-state index is 0.00566. The van der Waals surface area contributed by atoms with Gasteiger partial charge in [-0.2, -0.15) is 0 Å². The van der Waals surface area contributed by atoms with Crippen molar-refractivity contribution in [2.45, 2.75) is 45.8 Å². The van der Waals surface area contributed by atoms with E-state index in [9.17, 15) is 5.11 Å². The van der Waals surface area contributed by atoms with Crippen molar-refractivity contribution in [3.63, 3.8) is 0 Å². The van der Waals surface area contributed by atoms with Gasteiger partial charge in [0, 0.05) is 24.2 Å². The monoisotopic (exact) mass is 329 g/mol. The Labute approximate surface area is 138 Å². The van der Waals surface area contributed by atoms with Crippen LogP contribution in [0.25, 0.3) is 0 Å². The summed E-state index contributed by atoms with van der Waals surface area (Å²) >= 11 is 6.21. The van der Waals surface area contributed by atoms with Crippen LogP contribution in [0.5, 0.6) is 11.5 Å². The molecule has 0 amide bonds. The van der Waals surface area contributed by atoms with Crippen molar-refractivity contribution in [1.29, 1.82) is 0 Å². The molecule has 0 aliphatic heterocycles. The lowest BCUT2D eigenvalue weighted by molar-refractivity contribution is 0.00359. The number of halogens is 1. The van der Waals surface area contributed by atoms with Crippen LogP contribution in [0.3, 0.4) is 0 Å². The largest absolute Gasteiger partial charge is 0.496 e. The fourth-order valence-electron chi connectivity index (χ4n) is 2.31. The van der Waals surface area contributed by atoms with Crippen LogP contribution in [0.2, 0.25) is 5.02 Å². The number of aliphatic hydroxyl groups is 1. The van der Waals surface area contributed by atoms with Crippen molar-refractivity contribution in [1.82, 2.24) is 5.32 Å². The van der Waals surface area contributed by atoms with Crippen molar-refractivity contribution in [3.05, 3.63) is 22.7 Å². The van der Waals surface area contributed by atoms with E-state index in [1.165, 1.54) is 0 Å². The minimum atomic E-state index is -0.757. The SMILES string of the molecule is CC[C@H](C)[C@@](C)(O)CN[C@H](C)c1cc(Cl)c(OC)cc1OC. The van der Waals surface area contributed by atoms with Gasteiger partial charge in [0.05, 0.1) is 24.8 Å². The fourth-order valence-corrected chi connectivity index (χ4v) is 2.55. The maximum atomic E-state index is 10.5. The van der Waals surface area contributed by atoms with Crippen LogP contribution in [0, 0.1) is 5.92 Å². The first-order valence-corrected chi connectivity index (χ1v) is 8.01. The normalized spacial score (nSPS) is 16.7. The third kappa shape index (κ3) is 4.51. The number of rotatable bonds is 8. The second-order valence-electron chi connectivity index (χ2n) is 6.00. The van der Waals surface area contributed by atoms with Crippen LogP contribution in [-0.4, -0.2) is 31.5 Å². The molecule has 4 nitrogen and oxygen atoms in total. The molecule has 0 bridgehead atoms. The van der Waals surface area contributed by atoms with Crippen LogP contribution in [0.4, 0.5) is 0 Å². The van der Waals surface area contributed by atoms with Gasteiger partial charge in [-0.25, -0.2) is 0 Å². The number of benzene rings is 1. The van der Waals surface area contributed by atoms with Gasteiger partial charge in [-0.3, -0.25) is 0 Å². The van der Waals surface area contributed by atoms with E-state index >= 15 is 0 Å². The average Bonchev–Trinajstić information content (AvgIpc) is 2.51. The van der Waals surface area contributed by atoms with Gasteiger partial charge in [-0.05, 0) is 25.8 Å². The second kappa shape index (κ2) is 8.04. The molecule has 1 aromatic rings. The van der Waals surface area contributed by atoms with Crippen LogP contribution < -0.4 is 14.8 Å². The quantitative estimate of drug-likeness (QED) is 0.761. The zero-order valence-corrected chi connectivity index (χ0v) is 15.1. The lowest BCUT2D eigenvalue weighted by Crippen LogP contribution is -2.43. The predicted octanol–water partition coefficient (Wildman–Crippen LogP) is 3.80. The summed E-state index contributed by atoms with van der Waals surface area (Å²) in [5.74, 6) is 1.51. The van der Waals surface area contributed by atoms with E-state index < -0.39 is 5.60 Å². The van der Waals surface area contributed by atoms with Crippen LogP contribution in [0.15, 0.2) is 12.1 Å². The van der Waals surface area contributed by atoms with Crippen molar-refractivity contribution < 1.29 is 14.6 Å². The maximum absolute atomic E-state index is 10.5. The molecule has 1 rings (SSSR count). The zero-order chi connectivity index (χ0) is 16.9. The van der Waals surface area contributed by atoms with Crippen molar-refractivity contribution in [3.8, 4) is 11.5 Å². The van der Waals surface area contributed by atoms with E-state index in [0.29, 0.717) is 23.1 Å². The van der Waals surface area contributed by atoms with Gasteiger partial charge < -0.3 is 19.9 Å². The summed E-state index contributed by atoms with van der Waals surface area (Å²) in [6.45, 7) is 8.51. The number of nitrogens with one attached hydrogen (secondary N) is 1. The molecular formula is C17H28ClNO3. The maximum Gasteiger partial charge on any atom is 0.141 e. The molecule has 0 saturated heterocycles. The van der Waals surface area contributed by atoms with Crippen molar-refractivity contribution >= 4 is 11.6 Å². The van der Waals surface area contributed by atoms with E-state index in [4.69, 9.17) is 21.1 Å². The van der Waals surface area contributed by atoms with E-state index in [2.05, 4.69) is 19.2 Å². The Kier molecular flexibility index (Phi) is 6.98. The molecule has 2 N–H and O–H groups in total. The van der Waals surface area contributed by atoms with E-state index in [-0.39, 0.29) is 12.0 Å². The Bertz CT molecular complexity index is 491. The first kappa shape index (κ1) is 19.1. The Hall–Kier alpha value is -0.970. The number of hydrogen-bond acceptors (Lipinski definition) is 4. The predicted molar refractivity (Wildman–Crippen MR) is 91.1 cm³/mol. The highest BCUT2D eigenvalue weighted by Gasteiger charge is 2.27. The molecule has 0 fully saturated rings. The van der Waals surface area contributed by atoms with Crippen molar-refractivity contribution in [2.75, 3.05) is 20.8 Å². The summed E-state index contributed by atoms with van der Waals surface area (Å²) in [7, 11) is 3.19. The minimum Gasteiger partial charge on any atom is -0.496 e. The van der Waals surface area contributed by atoms with Crippen LogP contribution >= 0.6 is 11.6 Å². The van der Waals surface area contributed by atoms with Gasteiger partial charge in [0.25, 0.3) is 0 Å². The molecule has 0 saturated carbocycles. The zero-order valence-electron chi connectivity index (χ0n) is 14.4. The average molecular weight is 330 g/mol. The Morgan fingerprint density at radius 3 is 2.32 bits per heavy atom. The van der Waals surface area contributed by atoms with E-state index in [1.54, 1.807) is 20.3 Å². The summed E-state index contributed by atoms with van der Waals surface area (Å²) < 4.78 is 10.6. The summed E-state index contributed by atoms with van der Waals surface area (Å²) in [5.41, 5.74) is 0.181. The standard InChI is InChI=1S/C17H28ClNO3/c1-7-11(2)17(4,20)10-19-12(3)13-8-14(18)16(22-6)9-15(13)21-5/h8-9,11-12,19-20H,7,10H2,1-6H3/t11-,12+,17-/m0/s1. The topological polar surface area (TPSA) is 50.7 Å². The molecule has 0 heterocycles. The first-order valence-electron chi connectivity index (χ1n) is 7.64. The smallest absolute Gasteiger partial charge is 0.141 e. The highest BCUT2D eigenvalue weighted by molar-refractivity contribution is 6.32. The molecule has 5 heteroatoms. The number of methoxy groups -OCH3 is 2. The van der Waals surface area contributed by atoms with E-state index in [1.807, 2.05) is 19.9 Å². The van der Waals surface area contributed by atoms with Gasteiger partial charge in [0.15, 0.2) is 0 Å². The van der Waals surface area contributed by atoms with Crippen molar-refractivity contribution in [2.24, 2.45) is 5.92 Å². The molecule has 0 aliphatic carbocycles. The molecule has 3 atom stereocenters. The second-order valence-corrected chi connectivity index (χ2v) is 6.40. The molecule has 1 aromatic carbocycles. The van der Waals surface area contributed by atoms with Gasteiger partial charge in [-0.1, -0.05) is 31.9 Å². The third-order valence-corrected chi connectivity index (χ3v) is 4.71. The van der Waals surface area contributed by atoms with Gasteiger partial charge in [0.1, 0.15) is 11.5 Å². The molecule has 0 aromatic heterocycles. The summed E-state index contributed by atoms with van der Waals surface area (Å²) in [6.07, 6.45) is 0.931. The Balaban J connectivity index is 2.89. The molecular weight excluding hydrogens is 302 g/mol. The molecule has 0 aliphatic rings. The summed E-state index contributed by atoms with van der Waals surface area (Å²) in [6, 6.07) is 3.62. The Morgan fingerprint density at radius 2 is 1.82 bits per heavy atom. The van der Waals surface area contributed by atoms with E-state index in [0.717, 1.165) is 12.0 Å². The summed E-state index contributed by atoms with van der Waals surface area (Å²) in [4.78, 5) is 0. The van der Waals surface area contributed by atoms with Gasteiger partial charge in [-0.15, -0.1) is 0 Å². The van der Waals surface area contributed by atoms with Crippen LogP contribution in [-0.2, 0) is 0 Å². The molecule has 0 radical (unpaired) electrons. The van der Waals surface area contributed by atoms with Gasteiger partial charge in [0.2, 0.25) is 0 Å². The fraction of sp³-hybridized carbons (Fsp3) is 0.647. The summed E-state index contributed by atoms with van der Waals surface area (Å²) in [5, 5.41) is 14.4. The highest BCUT2D eigenvalue weighted by atomic mass is 35.5. The number of ether oxygens (including phenoxy) is 2. The lowest BCUT2D eigenvalue weighted by Gasteiger charge is -2.31. The van der Waals surface area contributed by atoms with Crippen LogP contribution in [0.1, 0.15) is 45.7 Å². The highest BCUT2D eigenvalue weighted by Crippen LogP contribution is 2.35. The molecule has 0 unspecified atom stereocenters. The number of hydrogen-bond donors (Lipinski definition) is 2. The Morgan fingerprint density at radius 1 is 1.23 bits per heavy atom. The lowest BCUT2D eigenvalue weighted by atomic mass is 9.88. The molecule has 22 heavy (non-hydrogen) atoms. The van der Waals surface area contributed by atoms with Gasteiger partial charge >= 0.3 is 0 Å². The molecule has 0 spiro atoms.